The fraction of sp³-hybridized carbons (Fsp3) is 1.00. The van der Waals surface area contributed by atoms with Crippen LogP contribution in [0.2, 0.25) is 0 Å². The molecule has 0 amide bonds. The number of hydrogen-bond acceptors (Lipinski definition) is 2. The Kier molecular flexibility index (Phi) is 3.31. The van der Waals surface area contributed by atoms with E-state index in [1.54, 1.807) is 0 Å². The van der Waals surface area contributed by atoms with Crippen molar-refractivity contribution in [2.24, 2.45) is 5.14 Å². The molecule has 0 aromatic rings. The van der Waals surface area contributed by atoms with Crippen molar-refractivity contribution in [1.82, 2.24) is 0 Å². The molecule has 1 unspecified atom stereocenters. The smallest absolute Gasteiger partial charge is 0.0911 e. The fourth-order valence-corrected chi connectivity index (χ4v) is 0.270. The standard InChI is InChI=1S/C2H7NO2S/c3-6(5)2-1-4/h4H,1-3H2. The van der Waals surface area contributed by atoms with Crippen LogP contribution in [0, 0.1) is 0 Å². The van der Waals surface area contributed by atoms with E-state index in [-0.39, 0.29) is 12.4 Å². The average Bonchev–Trinajstić information content (AvgIpc) is 1.35. The number of nitrogens with two attached hydrogens (primary N) is 1. The van der Waals surface area contributed by atoms with Gasteiger partial charge in [0.2, 0.25) is 0 Å². The highest BCUT2D eigenvalue weighted by Crippen LogP contribution is 1.61. The van der Waals surface area contributed by atoms with Crippen molar-refractivity contribution >= 4 is 11.0 Å². The normalized spacial score (nSPS) is 14.3. The maximum atomic E-state index is 9.77. The zero-order valence-corrected chi connectivity index (χ0v) is 4.07. The fourth-order valence-electron chi connectivity index (χ4n) is 0.0900. The van der Waals surface area contributed by atoms with E-state index in [1.807, 2.05) is 0 Å². The molecule has 1 atom stereocenters. The first-order chi connectivity index (χ1) is 2.77. The number of aliphatic hydroxyl groups is 1. The zero-order chi connectivity index (χ0) is 4.99. The molecule has 0 fully saturated rings. The second-order valence-electron chi connectivity index (χ2n) is 0.808. The Morgan fingerprint density at radius 1 is 1.83 bits per heavy atom. The molecule has 38 valence electrons. The van der Waals surface area contributed by atoms with E-state index in [9.17, 15) is 4.21 Å². The van der Waals surface area contributed by atoms with Crippen molar-refractivity contribution in [3.63, 3.8) is 0 Å². The summed E-state index contributed by atoms with van der Waals surface area (Å²) in [7, 11) is -1.32. The number of hydrogen-bond donors (Lipinski definition) is 2. The third-order valence-corrected chi connectivity index (χ3v) is 0.877. The highest BCUT2D eigenvalue weighted by Gasteiger charge is 1.82. The minimum Gasteiger partial charge on any atom is -0.395 e. The first kappa shape index (κ1) is 6.07. The molecule has 0 aliphatic heterocycles. The monoisotopic (exact) mass is 109 g/mol. The third-order valence-electron chi connectivity index (χ3n) is 0.292. The van der Waals surface area contributed by atoms with Gasteiger partial charge in [-0.1, -0.05) is 0 Å². The zero-order valence-electron chi connectivity index (χ0n) is 3.26. The van der Waals surface area contributed by atoms with Crippen LogP contribution in [0.1, 0.15) is 0 Å². The number of rotatable bonds is 2. The second kappa shape index (κ2) is 3.27. The van der Waals surface area contributed by atoms with Crippen LogP contribution in [0.3, 0.4) is 0 Å². The largest absolute Gasteiger partial charge is 0.395 e. The van der Waals surface area contributed by atoms with Crippen LogP contribution in [-0.2, 0) is 11.0 Å². The van der Waals surface area contributed by atoms with E-state index < -0.39 is 11.0 Å². The summed E-state index contributed by atoms with van der Waals surface area (Å²) < 4.78 is 9.77. The average molecular weight is 109 g/mol. The van der Waals surface area contributed by atoms with Crippen LogP contribution in [0.4, 0.5) is 0 Å². The lowest BCUT2D eigenvalue weighted by Crippen LogP contribution is -2.09. The highest BCUT2D eigenvalue weighted by molar-refractivity contribution is 7.82. The summed E-state index contributed by atoms with van der Waals surface area (Å²) in [6.07, 6.45) is 0. The Morgan fingerprint density at radius 2 is 2.33 bits per heavy atom. The lowest BCUT2D eigenvalue weighted by molar-refractivity contribution is 0.321. The SMILES string of the molecule is NS(=O)CCO. The summed E-state index contributed by atoms with van der Waals surface area (Å²) in [5.41, 5.74) is 0. The molecule has 0 aromatic carbocycles. The summed E-state index contributed by atoms with van der Waals surface area (Å²) in [5, 5.41) is 12.7. The van der Waals surface area contributed by atoms with Crippen molar-refractivity contribution in [3.05, 3.63) is 0 Å². The topological polar surface area (TPSA) is 63.3 Å². The quantitative estimate of drug-likeness (QED) is 0.458. The first-order valence-electron chi connectivity index (χ1n) is 1.51. The molecule has 0 aliphatic carbocycles. The molecular formula is C2H7NO2S. The van der Waals surface area contributed by atoms with E-state index >= 15 is 0 Å². The Morgan fingerprint density at radius 3 is 2.33 bits per heavy atom. The second-order valence-corrected chi connectivity index (χ2v) is 1.98. The van der Waals surface area contributed by atoms with Crippen molar-refractivity contribution in [2.75, 3.05) is 12.4 Å². The molecule has 6 heavy (non-hydrogen) atoms. The molecule has 0 radical (unpaired) electrons. The lowest BCUT2D eigenvalue weighted by atomic mass is 10.9. The Hall–Kier alpha value is 0.0700. The van der Waals surface area contributed by atoms with Gasteiger partial charge in [-0.05, 0) is 0 Å². The minimum atomic E-state index is -1.32. The van der Waals surface area contributed by atoms with Gasteiger partial charge in [-0.3, -0.25) is 5.14 Å². The van der Waals surface area contributed by atoms with Crippen LogP contribution in [-0.4, -0.2) is 21.7 Å². The maximum Gasteiger partial charge on any atom is 0.0911 e. The molecule has 0 saturated heterocycles. The van der Waals surface area contributed by atoms with E-state index in [2.05, 4.69) is 0 Å². The van der Waals surface area contributed by atoms with Gasteiger partial charge in [0.1, 0.15) is 0 Å². The number of aliphatic hydroxyl groups excluding tert-OH is 1. The van der Waals surface area contributed by atoms with E-state index in [0.717, 1.165) is 0 Å². The van der Waals surface area contributed by atoms with Gasteiger partial charge in [-0.2, -0.15) is 0 Å². The first-order valence-corrected chi connectivity index (χ1v) is 2.89. The predicted molar refractivity (Wildman–Crippen MR) is 24.3 cm³/mol. The molecule has 0 aliphatic rings. The highest BCUT2D eigenvalue weighted by atomic mass is 32.2. The van der Waals surface area contributed by atoms with E-state index in [0.29, 0.717) is 0 Å². The van der Waals surface area contributed by atoms with E-state index in [4.69, 9.17) is 10.2 Å². The van der Waals surface area contributed by atoms with Crippen LogP contribution < -0.4 is 5.14 Å². The maximum absolute atomic E-state index is 9.77. The summed E-state index contributed by atoms with van der Waals surface area (Å²) in [6.45, 7) is -0.0941. The molecule has 0 bridgehead atoms. The molecule has 0 rings (SSSR count). The molecule has 3 N–H and O–H groups in total. The molecule has 0 aromatic heterocycles. The van der Waals surface area contributed by atoms with Crippen LogP contribution in [0.15, 0.2) is 0 Å². The Balaban J connectivity index is 2.83. The van der Waals surface area contributed by atoms with Gasteiger partial charge in [-0.15, -0.1) is 0 Å². The summed E-state index contributed by atoms with van der Waals surface area (Å²) in [4.78, 5) is 0. The molecule has 0 heterocycles. The molecule has 0 spiro atoms. The molecule has 3 nitrogen and oxygen atoms in total. The molecule has 4 heteroatoms. The van der Waals surface area contributed by atoms with Gasteiger partial charge >= 0.3 is 0 Å². The third kappa shape index (κ3) is 4.07. The van der Waals surface area contributed by atoms with Crippen molar-refractivity contribution in [2.45, 2.75) is 0 Å². The van der Waals surface area contributed by atoms with Crippen molar-refractivity contribution in [3.8, 4) is 0 Å². The van der Waals surface area contributed by atoms with Gasteiger partial charge < -0.3 is 5.11 Å². The van der Waals surface area contributed by atoms with Crippen molar-refractivity contribution < 1.29 is 9.32 Å². The Bertz CT molecular complexity index is 55.5. The van der Waals surface area contributed by atoms with Gasteiger partial charge in [-0.25, -0.2) is 4.21 Å². The summed E-state index contributed by atoms with van der Waals surface area (Å²) >= 11 is 0. The van der Waals surface area contributed by atoms with Crippen LogP contribution >= 0.6 is 0 Å². The lowest BCUT2D eigenvalue weighted by Gasteiger charge is -1.82. The van der Waals surface area contributed by atoms with Gasteiger partial charge in [0.15, 0.2) is 0 Å². The molecule has 0 saturated carbocycles. The van der Waals surface area contributed by atoms with Gasteiger partial charge in [0.25, 0.3) is 0 Å². The predicted octanol–water partition coefficient (Wildman–Crippen LogP) is -1.40. The summed E-state index contributed by atoms with van der Waals surface area (Å²) in [6, 6.07) is 0. The summed E-state index contributed by atoms with van der Waals surface area (Å²) in [5.74, 6) is 0.181. The van der Waals surface area contributed by atoms with E-state index in [1.165, 1.54) is 0 Å². The Labute approximate surface area is 38.7 Å². The van der Waals surface area contributed by atoms with Gasteiger partial charge in [0, 0.05) is 0 Å². The van der Waals surface area contributed by atoms with Crippen LogP contribution in [0.5, 0.6) is 0 Å². The van der Waals surface area contributed by atoms with Gasteiger partial charge in [0.05, 0.1) is 23.3 Å². The minimum absolute atomic E-state index is 0.0941. The molecular weight excluding hydrogens is 102 g/mol. The van der Waals surface area contributed by atoms with Crippen LogP contribution in [0.25, 0.3) is 0 Å². The van der Waals surface area contributed by atoms with Crippen molar-refractivity contribution in [1.29, 1.82) is 0 Å².